The van der Waals surface area contributed by atoms with E-state index in [0.717, 1.165) is 69.3 Å². The number of rotatable bonds is 4. The molecule has 0 aromatic carbocycles. The van der Waals surface area contributed by atoms with Gasteiger partial charge < -0.3 is 13.8 Å². The smallest absolute Gasteiger partial charge is 0.232 e. The Kier molecular flexibility index (Phi) is 4.85. The van der Waals surface area contributed by atoms with Crippen molar-refractivity contribution >= 4 is 0 Å². The second kappa shape index (κ2) is 7.25. The Morgan fingerprint density at radius 2 is 1.96 bits per heavy atom. The van der Waals surface area contributed by atoms with Gasteiger partial charge in [0, 0.05) is 12.7 Å². The third-order valence-corrected chi connectivity index (χ3v) is 5.38. The number of hydrogen-bond acceptors (Lipinski definition) is 7. The normalized spacial score (nSPS) is 26.2. The molecule has 4 heterocycles. The van der Waals surface area contributed by atoms with Gasteiger partial charge in [0.15, 0.2) is 11.6 Å². The highest BCUT2D eigenvalue weighted by Gasteiger charge is 2.38. The van der Waals surface area contributed by atoms with Crippen LogP contribution in [-0.4, -0.2) is 46.0 Å². The zero-order chi connectivity index (χ0) is 17.2. The molecule has 0 radical (unpaired) electrons. The molecule has 7 heteroatoms. The molecule has 0 amide bonds. The van der Waals surface area contributed by atoms with Crippen LogP contribution in [0.15, 0.2) is 15.1 Å². The van der Waals surface area contributed by atoms with Gasteiger partial charge in [0.05, 0.1) is 24.3 Å². The molecule has 7 nitrogen and oxygen atoms in total. The zero-order valence-electron chi connectivity index (χ0n) is 15.0. The highest BCUT2D eigenvalue weighted by molar-refractivity contribution is 5.04. The van der Waals surface area contributed by atoms with Crippen LogP contribution < -0.4 is 0 Å². The van der Waals surface area contributed by atoms with Gasteiger partial charge in [-0.15, -0.1) is 0 Å². The average Bonchev–Trinajstić information content (AvgIpc) is 3.24. The zero-order valence-corrected chi connectivity index (χ0v) is 15.0. The standard InChI is InChI=1S/C18H26N4O3/c1-12-10-15(24-20-12)11-22-7-5-14(6-8-22)17-16(4-3-9-23-17)18-19-13(2)21-25-18/h10,14,16-17H,3-9,11H2,1-2H3/t16-,17+/m1/s1. The fourth-order valence-electron chi connectivity index (χ4n) is 4.15. The van der Waals surface area contributed by atoms with Crippen molar-refractivity contribution in [3.63, 3.8) is 0 Å². The van der Waals surface area contributed by atoms with Crippen LogP contribution in [0.25, 0.3) is 0 Å². The largest absolute Gasteiger partial charge is 0.377 e. The van der Waals surface area contributed by atoms with Crippen molar-refractivity contribution in [3.8, 4) is 0 Å². The Balaban J connectivity index is 1.37. The molecule has 0 aliphatic carbocycles. The molecule has 0 bridgehead atoms. The van der Waals surface area contributed by atoms with E-state index < -0.39 is 0 Å². The number of nitrogens with zero attached hydrogens (tertiary/aromatic N) is 4. The molecule has 2 fully saturated rings. The van der Waals surface area contributed by atoms with Gasteiger partial charge in [-0.2, -0.15) is 4.98 Å². The van der Waals surface area contributed by atoms with Crippen LogP contribution in [0.2, 0.25) is 0 Å². The summed E-state index contributed by atoms with van der Waals surface area (Å²) in [7, 11) is 0. The van der Waals surface area contributed by atoms with Crippen molar-refractivity contribution < 1.29 is 13.8 Å². The van der Waals surface area contributed by atoms with Gasteiger partial charge in [-0.25, -0.2) is 0 Å². The Morgan fingerprint density at radius 1 is 1.12 bits per heavy atom. The van der Waals surface area contributed by atoms with Crippen molar-refractivity contribution in [2.45, 2.75) is 58.1 Å². The van der Waals surface area contributed by atoms with Gasteiger partial charge in [0.25, 0.3) is 0 Å². The van der Waals surface area contributed by atoms with E-state index >= 15 is 0 Å². The van der Waals surface area contributed by atoms with Crippen LogP contribution in [-0.2, 0) is 11.3 Å². The molecule has 136 valence electrons. The van der Waals surface area contributed by atoms with Crippen LogP contribution in [0.5, 0.6) is 0 Å². The second-order valence-corrected chi connectivity index (χ2v) is 7.31. The minimum Gasteiger partial charge on any atom is -0.377 e. The number of aromatic nitrogens is 3. The van der Waals surface area contributed by atoms with E-state index in [1.165, 1.54) is 0 Å². The maximum Gasteiger partial charge on any atom is 0.232 e. The Morgan fingerprint density at radius 3 is 2.64 bits per heavy atom. The van der Waals surface area contributed by atoms with Gasteiger partial charge in [-0.3, -0.25) is 4.90 Å². The average molecular weight is 346 g/mol. The first kappa shape index (κ1) is 16.7. The molecule has 0 N–H and O–H groups in total. The summed E-state index contributed by atoms with van der Waals surface area (Å²) in [6.45, 7) is 7.62. The number of aryl methyl sites for hydroxylation is 2. The Hall–Kier alpha value is -1.73. The van der Waals surface area contributed by atoms with Gasteiger partial charge >= 0.3 is 0 Å². The van der Waals surface area contributed by atoms with Crippen molar-refractivity contribution in [1.29, 1.82) is 0 Å². The summed E-state index contributed by atoms with van der Waals surface area (Å²) in [6, 6.07) is 2.02. The second-order valence-electron chi connectivity index (χ2n) is 7.31. The molecule has 2 aliphatic rings. The SMILES string of the molecule is Cc1cc(CN2CCC([C@@H]3OCCC[C@H]3c3nc(C)no3)CC2)on1. The topological polar surface area (TPSA) is 77.4 Å². The minimum absolute atomic E-state index is 0.197. The lowest BCUT2D eigenvalue weighted by molar-refractivity contribution is -0.0588. The fourth-order valence-corrected chi connectivity index (χ4v) is 4.15. The van der Waals surface area contributed by atoms with Crippen LogP contribution in [0, 0.1) is 19.8 Å². The molecule has 4 rings (SSSR count). The van der Waals surface area contributed by atoms with Crippen molar-refractivity contribution in [3.05, 3.63) is 29.2 Å². The highest BCUT2D eigenvalue weighted by Crippen LogP contribution is 2.37. The molecule has 0 saturated carbocycles. The summed E-state index contributed by atoms with van der Waals surface area (Å²) in [5.41, 5.74) is 0.943. The molecule has 0 spiro atoms. The van der Waals surface area contributed by atoms with E-state index in [0.29, 0.717) is 11.7 Å². The lowest BCUT2D eigenvalue weighted by Gasteiger charge is -2.39. The summed E-state index contributed by atoms with van der Waals surface area (Å²) in [5, 5.41) is 7.94. The maximum absolute atomic E-state index is 6.18. The van der Waals surface area contributed by atoms with Crippen molar-refractivity contribution in [2.24, 2.45) is 5.92 Å². The summed E-state index contributed by atoms with van der Waals surface area (Å²) in [4.78, 5) is 6.90. The van der Waals surface area contributed by atoms with Gasteiger partial charge in [0.1, 0.15) is 0 Å². The first-order valence-corrected chi connectivity index (χ1v) is 9.25. The maximum atomic E-state index is 6.18. The van der Waals surface area contributed by atoms with Crippen LogP contribution >= 0.6 is 0 Å². The summed E-state index contributed by atoms with van der Waals surface area (Å²) >= 11 is 0. The van der Waals surface area contributed by atoms with E-state index in [-0.39, 0.29) is 12.0 Å². The van der Waals surface area contributed by atoms with E-state index in [1.54, 1.807) is 0 Å². The van der Waals surface area contributed by atoms with Crippen LogP contribution in [0.1, 0.15) is 54.8 Å². The molecule has 2 aliphatic heterocycles. The summed E-state index contributed by atoms with van der Waals surface area (Å²) in [5.74, 6) is 3.19. The van der Waals surface area contributed by atoms with E-state index in [9.17, 15) is 0 Å². The quantitative estimate of drug-likeness (QED) is 0.842. The first-order chi connectivity index (χ1) is 12.2. The highest BCUT2D eigenvalue weighted by atomic mass is 16.5. The third-order valence-electron chi connectivity index (χ3n) is 5.38. The number of hydrogen-bond donors (Lipinski definition) is 0. The van der Waals surface area contributed by atoms with E-state index in [4.69, 9.17) is 13.8 Å². The van der Waals surface area contributed by atoms with Crippen LogP contribution in [0.3, 0.4) is 0 Å². The predicted octanol–water partition coefficient (Wildman–Crippen LogP) is 2.85. The Labute approximate surface area is 147 Å². The van der Waals surface area contributed by atoms with Crippen molar-refractivity contribution in [2.75, 3.05) is 19.7 Å². The van der Waals surface area contributed by atoms with Crippen LogP contribution in [0.4, 0.5) is 0 Å². The molecule has 25 heavy (non-hydrogen) atoms. The summed E-state index contributed by atoms with van der Waals surface area (Å²) in [6.07, 6.45) is 4.59. The number of likely N-dealkylation sites (tertiary alicyclic amines) is 1. The van der Waals surface area contributed by atoms with E-state index in [1.807, 2.05) is 19.9 Å². The molecule has 2 aromatic heterocycles. The lowest BCUT2D eigenvalue weighted by atomic mass is 9.80. The molecular weight excluding hydrogens is 320 g/mol. The minimum atomic E-state index is 0.197. The number of ether oxygens (including phenoxy) is 1. The van der Waals surface area contributed by atoms with Gasteiger partial charge in [-0.05, 0) is 58.5 Å². The van der Waals surface area contributed by atoms with Gasteiger partial charge in [-0.1, -0.05) is 10.3 Å². The summed E-state index contributed by atoms with van der Waals surface area (Å²) < 4.78 is 17.0. The molecule has 2 saturated heterocycles. The van der Waals surface area contributed by atoms with E-state index in [2.05, 4.69) is 20.2 Å². The van der Waals surface area contributed by atoms with Crippen molar-refractivity contribution in [1.82, 2.24) is 20.2 Å². The molecular formula is C18H26N4O3. The lowest BCUT2D eigenvalue weighted by Crippen LogP contribution is -2.42. The monoisotopic (exact) mass is 346 g/mol. The Bertz CT molecular complexity index is 690. The number of piperidine rings is 1. The third kappa shape index (κ3) is 3.77. The van der Waals surface area contributed by atoms with Gasteiger partial charge in [0.2, 0.25) is 5.89 Å². The molecule has 2 aromatic rings. The fraction of sp³-hybridized carbons (Fsp3) is 0.722. The molecule has 0 unspecified atom stereocenters. The predicted molar refractivity (Wildman–Crippen MR) is 90.0 cm³/mol. The molecule has 2 atom stereocenters. The first-order valence-electron chi connectivity index (χ1n) is 9.25.